The highest BCUT2D eigenvalue weighted by molar-refractivity contribution is 5.89. The Kier molecular flexibility index (Phi) is 6.93. The van der Waals surface area contributed by atoms with Crippen molar-refractivity contribution >= 4 is 11.7 Å². The molecule has 0 spiro atoms. The molecule has 2 aliphatic rings. The van der Waals surface area contributed by atoms with Gasteiger partial charge in [-0.3, -0.25) is 10.2 Å². The molecule has 1 unspecified atom stereocenters. The molecule has 156 valence electrons. The zero-order valence-electron chi connectivity index (χ0n) is 17.4. The van der Waals surface area contributed by atoms with Crippen LogP contribution in [-0.4, -0.2) is 68.6 Å². The van der Waals surface area contributed by atoms with E-state index < -0.39 is 11.6 Å². The summed E-state index contributed by atoms with van der Waals surface area (Å²) in [4.78, 5) is 26.7. The summed E-state index contributed by atoms with van der Waals surface area (Å²) in [5.74, 6) is -0.481. The first-order valence-electron chi connectivity index (χ1n) is 10.1. The molecule has 2 heterocycles. The van der Waals surface area contributed by atoms with E-state index in [2.05, 4.69) is 22.2 Å². The molecular weight excluding hydrogens is 358 g/mol. The van der Waals surface area contributed by atoms with Crippen LogP contribution in [0.3, 0.4) is 0 Å². The fourth-order valence-electron chi connectivity index (χ4n) is 3.44. The van der Waals surface area contributed by atoms with Crippen LogP contribution in [0.5, 0.6) is 0 Å². The van der Waals surface area contributed by atoms with E-state index in [0.29, 0.717) is 18.2 Å². The standard InChI is InChI=1S/C21H33N3O4/c1-21(2,3)28-27-20(25)16-5-7-18(8-6-16)24-13-14-26-19(15-24)22-17-9-11-23(4)12-10-17/h5-8,17,19,22H,9-15H2,1-4H3. The third-order valence-electron chi connectivity index (χ3n) is 5.04. The van der Waals surface area contributed by atoms with Gasteiger partial charge in [0, 0.05) is 18.3 Å². The molecule has 0 saturated carbocycles. The van der Waals surface area contributed by atoms with Crippen molar-refractivity contribution in [2.24, 2.45) is 0 Å². The number of piperidine rings is 1. The topological polar surface area (TPSA) is 63.3 Å². The molecule has 0 bridgehead atoms. The monoisotopic (exact) mass is 391 g/mol. The van der Waals surface area contributed by atoms with Gasteiger partial charge in [0.25, 0.3) is 0 Å². The first-order valence-corrected chi connectivity index (χ1v) is 10.1. The number of carbonyl (C=O) groups excluding carboxylic acids is 1. The van der Waals surface area contributed by atoms with Crippen molar-refractivity contribution < 1.29 is 19.3 Å². The van der Waals surface area contributed by atoms with E-state index in [0.717, 1.165) is 44.7 Å². The highest BCUT2D eigenvalue weighted by Crippen LogP contribution is 2.20. The van der Waals surface area contributed by atoms with E-state index in [1.165, 1.54) is 0 Å². The summed E-state index contributed by atoms with van der Waals surface area (Å²) in [5, 5.41) is 3.66. The molecule has 7 nitrogen and oxygen atoms in total. The maximum absolute atomic E-state index is 12.1. The van der Waals surface area contributed by atoms with E-state index in [9.17, 15) is 4.79 Å². The third kappa shape index (κ3) is 6.17. The molecule has 2 fully saturated rings. The zero-order valence-corrected chi connectivity index (χ0v) is 17.4. The van der Waals surface area contributed by atoms with Gasteiger partial charge in [0.2, 0.25) is 0 Å². The van der Waals surface area contributed by atoms with Crippen molar-refractivity contribution in [1.82, 2.24) is 10.2 Å². The predicted molar refractivity (Wildman–Crippen MR) is 108 cm³/mol. The van der Waals surface area contributed by atoms with Gasteiger partial charge in [0.15, 0.2) is 0 Å². The minimum absolute atomic E-state index is 0.0342. The number of rotatable bonds is 5. The molecule has 1 aromatic carbocycles. The number of morpholine rings is 1. The van der Waals surface area contributed by atoms with Gasteiger partial charge < -0.3 is 14.5 Å². The van der Waals surface area contributed by atoms with Crippen molar-refractivity contribution in [3.05, 3.63) is 29.8 Å². The normalized spacial score (nSPS) is 22.3. The number of nitrogens with zero attached hydrogens (tertiary/aromatic N) is 2. The molecule has 3 rings (SSSR count). The number of hydrogen-bond acceptors (Lipinski definition) is 7. The minimum atomic E-state index is -0.529. The van der Waals surface area contributed by atoms with Gasteiger partial charge in [-0.2, -0.15) is 4.89 Å². The Morgan fingerprint density at radius 2 is 1.82 bits per heavy atom. The Balaban J connectivity index is 1.52. The van der Waals surface area contributed by atoms with Crippen LogP contribution in [0, 0.1) is 0 Å². The van der Waals surface area contributed by atoms with E-state index in [-0.39, 0.29) is 6.23 Å². The van der Waals surface area contributed by atoms with E-state index >= 15 is 0 Å². The van der Waals surface area contributed by atoms with Gasteiger partial charge in [-0.25, -0.2) is 4.79 Å². The maximum Gasteiger partial charge on any atom is 0.373 e. The second-order valence-electron chi connectivity index (χ2n) is 8.66. The summed E-state index contributed by atoms with van der Waals surface area (Å²) in [6, 6.07) is 7.97. The van der Waals surface area contributed by atoms with Gasteiger partial charge in [-0.1, -0.05) is 0 Å². The molecule has 0 amide bonds. The van der Waals surface area contributed by atoms with Gasteiger partial charge in [-0.15, -0.1) is 0 Å². The highest BCUT2D eigenvalue weighted by atomic mass is 17.2. The summed E-state index contributed by atoms with van der Waals surface area (Å²) in [5.41, 5.74) is 1.02. The number of likely N-dealkylation sites (tertiary alicyclic amines) is 1. The lowest BCUT2D eigenvalue weighted by Gasteiger charge is -2.38. The van der Waals surface area contributed by atoms with Crippen LogP contribution < -0.4 is 10.2 Å². The molecule has 2 saturated heterocycles. The van der Waals surface area contributed by atoms with Crippen molar-refractivity contribution in [2.75, 3.05) is 44.7 Å². The Morgan fingerprint density at radius 1 is 1.14 bits per heavy atom. The van der Waals surface area contributed by atoms with Gasteiger partial charge in [0.1, 0.15) is 11.8 Å². The average Bonchev–Trinajstić information content (AvgIpc) is 2.68. The molecule has 2 aliphatic heterocycles. The summed E-state index contributed by atoms with van der Waals surface area (Å²) in [6.07, 6.45) is 2.35. The molecule has 0 aromatic heterocycles. The van der Waals surface area contributed by atoms with E-state index in [1.807, 2.05) is 32.9 Å². The van der Waals surface area contributed by atoms with Crippen molar-refractivity contribution in [2.45, 2.75) is 51.5 Å². The second-order valence-corrected chi connectivity index (χ2v) is 8.66. The lowest BCUT2D eigenvalue weighted by Crippen LogP contribution is -2.54. The smallest absolute Gasteiger partial charge is 0.365 e. The van der Waals surface area contributed by atoms with E-state index in [1.54, 1.807) is 12.1 Å². The van der Waals surface area contributed by atoms with Crippen molar-refractivity contribution in [3.63, 3.8) is 0 Å². The molecule has 28 heavy (non-hydrogen) atoms. The SMILES string of the molecule is CN1CCC(NC2CN(c3ccc(C(=O)OOC(C)(C)C)cc3)CCO2)CC1. The fourth-order valence-corrected chi connectivity index (χ4v) is 3.44. The Bertz CT molecular complexity index is 636. The number of benzene rings is 1. The second kappa shape index (κ2) is 9.22. The Labute approximate surface area is 167 Å². The summed E-state index contributed by atoms with van der Waals surface area (Å²) in [6.45, 7) is 10.1. The van der Waals surface area contributed by atoms with Crippen LogP contribution in [0.25, 0.3) is 0 Å². The molecule has 1 atom stereocenters. The average molecular weight is 392 g/mol. The Morgan fingerprint density at radius 3 is 2.46 bits per heavy atom. The van der Waals surface area contributed by atoms with Crippen molar-refractivity contribution in [3.8, 4) is 0 Å². The van der Waals surface area contributed by atoms with Crippen molar-refractivity contribution in [1.29, 1.82) is 0 Å². The third-order valence-corrected chi connectivity index (χ3v) is 5.04. The summed E-state index contributed by atoms with van der Waals surface area (Å²) < 4.78 is 5.93. The quantitative estimate of drug-likeness (QED) is 0.611. The largest absolute Gasteiger partial charge is 0.373 e. The molecule has 7 heteroatoms. The van der Waals surface area contributed by atoms with Gasteiger partial charge >= 0.3 is 5.97 Å². The highest BCUT2D eigenvalue weighted by Gasteiger charge is 2.25. The minimum Gasteiger partial charge on any atom is -0.365 e. The van der Waals surface area contributed by atoms with Crippen LogP contribution in [0.15, 0.2) is 24.3 Å². The van der Waals surface area contributed by atoms with Crippen LogP contribution in [0.4, 0.5) is 5.69 Å². The number of hydrogen-bond donors (Lipinski definition) is 1. The number of anilines is 1. The summed E-state index contributed by atoms with van der Waals surface area (Å²) >= 11 is 0. The zero-order chi connectivity index (χ0) is 20.1. The number of ether oxygens (including phenoxy) is 1. The lowest BCUT2D eigenvalue weighted by atomic mass is 10.1. The first kappa shape index (κ1) is 21.0. The van der Waals surface area contributed by atoms with Crippen LogP contribution in [-0.2, 0) is 14.5 Å². The maximum atomic E-state index is 12.1. The predicted octanol–water partition coefficient (Wildman–Crippen LogP) is 2.42. The number of carbonyl (C=O) groups is 1. The van der Waals surface area contributed by atoms with Crippen LogP contribution in [0.1, 0.15) is 44.0 Å². The molecule has 0 radical (unpaired) electrons. The molecule has 1 N–H and O–H groups in total. The van der Waals surface area contributed by atoms with Crippen LogP contribution >= 0.6 is 0 Å². The van der Waals surface area contributed by atoms with Gasteiger partial charge in [-0.05, 0) is 78.0 Å². The van der Waals surface area contributed by atoms with Gasteiger partial charge in [0.05, 0.1) is 18.7 Å². The lowest BCUT2D eigenvalue weighted by molar-refractivity contribution is -0.301. The molecule has 0 aliphatic carbocycles. The molecule has 1 aromatic rings. The van der Waals surface area contributed by atoms with Crippen LogP contribution in [0.2, 0.25) is 0 Å². The number of nitrogens with one attached hydrogen (secondary N) is 1. The molecular formula is C21H33N3O4. The van der Waals surface area contributed by atoms with E-state index in [4.69, 9.17) is 14.5 Å². The fraction of sp³-hybridized carbons (Fsp3) is 0.667. The summed E-state index contributed by atoms with van der Waals surface area (Å²) in [7, 11) is 2.17. The first-order chi connectivity index (χ1) is 13.3. The Hall–Kier alpha value is -1.67.